The van der Waals surface area contributed by atoms with Gasteiger partial charge in [0, 0.05) is 50.2 Å². The van der Waals surface area contributed by atoms with Gasteiger partial charge in [0.2, 0.25) is 5.91 Å². The molecule has 0 radical (unpaired) electrons. The van der Waals surface area contributed by atoms with Crippen LogP contribution in [0.5, 0.6) is 0 Å². The maximum absolute atomic E-state index is 13.7. The molecule has 1 saturated heterocycles. The van der Waals surface area contributed by atoms with Gasteiger partial charge in [0.1, 0.15) is 18.4 Å². The average Bonchev–Trinajstić information content (AvgIpc) is 2.92. The van der Waals surface area contributed by atoms with Crippen LogP contribution in [0.3, 0.4) is 0 Å². The molecule has 144 valence electrons. The lowest BCUT2D eigenvalue weighted by Crippen LogP contribution is -2.50. The Labute approximate surface area is 154 Å². The van der Waals surface area contributed by atoms with E-state index >= 15 is 0 Å². The number of rotatable bonds is 5. The molecular formula is C18H20FN3O5. The number of aliphatic carboxylic acids is 2. The van der Waals surface area contributed by atoms with E-state index in [-0.39, 0.29) is 5.91 Å². The number of halogens is 1. The summed E-state index contributed by atoms with van der Waals surface area (Å²) in [4.78, 5) is 38.0. The minimum atomic E-state index is -1.11. The van der Waals surface area contributed by atoms with Crippen LogP contribution in [0, 0.1) is 5.82 Å². The van der Waals surface area contributed by atoms with Crippen LogP contribution in [0.15, 0.2) is 24.4 Å². The van der Waals surface area contributed by atoms with Crippen LogP contribution < -0.4 is 0 Å². The fraction of sp³-hybridized carbons (Fsp3) is 0.389. The Kier molecular flexibility index (Phi) is 5.13. The summed E-state index contributed by atoms with van der Waals surface area (Å²) in [5, 5.41) is 19.4. The number of fused-ring (bicyclic) bond motifs is 1. The van der Waals surface area contributed by atoms with Crippen molar-refractivity contribution in [1.29, 1.82) is 0 Å². The number of hydrogen-bond donors (Lipinski definition) is 2. The first-order valence-electron chi connectivity index (χ1n) is 8.50. The van der Waals surface area contributed by atoms with Gasteiger partial charge in [-0.15, -0.1) is 0 Å². The van der Waals surface area contributed by atoms with Gasteiger partial charge < -0.3 is 19.7 Å². The van der Waals surface area contributed by atoms with E-state index in [0.29, 0.717) is 42.6 Å². The highest BCUT2D eigenvalue weighted by Crippen LogP contribution is 2.32. The average molecular weight is 377 g/mol. The molecule has 0 bridgehead atoms. The molecule has 1 aliphatic heterocycles. The van der Waals surface area contributed by atoms with Gasteiger partial charge in [-0.2, -0.15) is 0 Å². The van der Waals surface area contributed by atoms with Gasteiger partial charge >= 0.3 is 11.9 Å². The van der Waals surface area contributed by atoms with Crippen molar-refractivity contribution < 1.29 is 29.0 Å². The molecule has 8 nitrogen and oxygen atoms in total. The first kappa shape index (κ1) is 18.8. The number of nitrogens with zero attached hydrogens (tertiary/aromatic N) is 3. The number of amides is 1. The van der Waals surface area contributed by atoms with Crippen LogP contribution in [-0.4, -0.2) is 68.6 Å². The first-order valence-corrected chi connectivity index (χ1v) is 8.50. The summed E-state index contributed by atoms with van der Waals surface area (Å²) in [5.74, 6) is -2.77. The normalized spacial score (nSPS) is 16.4. The largest absolute Gasteiger partial charge is 0.480 e. The standard InChI is InChI=1S/C18H20FN3O5/c1-11(23)20-4-6-21(7-5-20)17(18(26)27)14-9-22(10-16(24)25)15-8-12(19)2-3-13(14)15/h2-3,8-9,17H,4-7,10H2,1H3,(H,24,25)(H,26,27)/t17-/m0/s1. The molecule has 0 aliphatic carbocycles. The number of carboxylic acid groups (broad SMARTS) is 2. The summed E-state index contributed by atoms with van der Waals surface area (Å²) >= 11 is 0. The van der Waals surface area contributed by atoms with Crippen LogP contribution in [0.4, 0.5) is 4.39 Å². The van der Waals surface area contributed by atoms with Crippen LogP contribution in [-0.2, 0) is 20.9 Å². The predicted molar refractivity (Wildman–Crippen MR) is 93.7 cm³/mol. The number of piperazine rings is 1. The van der Waals surface area contributed by atoms with Crippen LogP contribution in [0.1, 0.15) is 18.5 Å². The lowest BCUT2D eigenvalue weighted by atomic mass is 10.0. The molecule has 27 heavy (non-hydrogen) atoms. The highest BCUT2D eigenvalue weighted by atomic mass is 19.1. The number of carbonyl (C=O) groups excluding carboxylic acids is 1. The Balaban J connectivity index is 2.01. The second-order valence-corrected chi connectivity index (χ2v) is 6.55. The van der Waals surface area contributed by atoms with E-state index in [1.54, 1.807) is 9.80 Å². The van der Waals surface area contributed by atoms with E-state index < -0.39 is 30.3 Å². The quantitative estimate of drug-likeness (QED) is 0.810. The maximum Gasteiger partial charge on any atom is 0.325 e. The molecule has 1 aromatic carbocycles. The zero-order valence-electron chi connectivity index (χ0n) is 14.8. The number of carbonyl (C=O) groups is 3. The molecule has 1 atom stereocenters. The smallest absolute Gasteiger partial charge is 0.325 e. The summed E-state index contributed by atoms with van der Waals surface area (Å²) in [5.41, 5.74) is 0.746. The first-order chi connectivity index (χ1) is 12.8. The number of carboxylic acids is 2. The predicted octanol–water partition coefficient (Wildman–Crippen LogP) is 1.15. The second kappa shape index (κ2) is 7.36. The summed E-state index contributed by atoms with van der Waals surface area (Å²) in [6.45, 7) is 2.67. The van der Waals surface area contributed by atoms with E-state index in [2.05, 4.69) is 0 Å². The zero-order chi connectivity index (χ0) is 19.7. The minimum absolute atomic E-state index is 0.0601. The SMILES string of the molecule is CC(=O)N1CCN([C@H](C(=O)O)c2cn(CC(=O)O)c3cc(F)ccc23)CC1. The van der Waals surface area contributed by atoms with Crippen molar-refractivity contribution >= 4 is 28.7 Å². The summed E-state index contributed by atoms with van der Waals surface area (Å²) in [6.07, 6.45) is 1.47. The fourth-order valence-corrected chi connectivity index (χ4v) is 3.57. The van der Waals surface area contributed by atoms with Crippen LogP contribution in [0.25, 0.3) is 10.9 Å². The van der Waals surface area contributed by atoms with Crippen LogP contribution >= 0.6 is 0 Å². The molecule has 1 aromatic heterocycles. The molecule has 2 N–H and O–H groups in total. The summed E-state index contributed by atoms with van der Waals surface area (Å²) in [6, 6.07) is 2.89. The molecular weight excluding hydrogens is 357 g/mol. The van der Waals surface area contributed by atoms with Gasteiger partial charge in [-0.1, -0.05) is 0 Å². The molecule has 0 spiro atoms. The molecule has 0 unspecified atom stereocenters. The lowest BCUT2D eigenvalue weighted by molar-refractivity contribution is -0.145. The van der Waals surface area contributed by atoms with Crippen molar-refractivity contribution in [3.05, 3.63) is 35.8 Å². The van der Waals surface area contributed by atoms with Crippen molar-refractivity contribution in [3.63, 3.8) is 0 Å². The van der Waals surface area contributed by atoms with Crippen molar-refractivity contribution in [2.24, 2.45) is 0 Å². The van der Waals surface area contributed by atoms with Gasteiger partial charge in [0.05, 0.1) is 5.52 Å². The minimum Gasteiger partial charge on any atom is -0.480 e. The van der Waals surface area contributed by atoms with E-state index in [9.17, 15) is 23.9 Å². The van der Waals surface area contributed by atoms with Gasteiger partial charge in [-0.05, 0) is 18.2 Å². The zero-order valence-corrected chi connectivity index (χ0v) is 14.8. The van der Waals surface area contributed by atoms with E-state index in [4.69, 9.17) is 5.11 Å². The molecule has 3 rings (SSSR count). The Bertz CT molecular complexity index is 902. The number of aromatic nitrogens is 1. The molecule has 1 amide bonds. The second-order valence-electron chi connectivity index (χ2n) is 6.55. The van der Waals surface area contributed by atoms with Crippen molar-refractivity contribution in [3.8, 4) is 0 Å². The molecule has 9 heteroatoms. The molecule has 1 aliphatic rings. The number of hydrogen-bond acceptors (Lipinski definition) is 4. The number of benzene rings is 1. The van der Waals surface area contributed by atoms with E-state index in [1.165, 1.54) is 35.9 Å². The van der Waals surface area contributed by atoms with Gasteiger partial charge in [-0.3, -0.25) is 19.3 Å². The van der Waals surface area contributed by atoms with Crippen molar-refractivity contribution in [2.75, 3.05) is 26.2 Å². The Morgan fingerprint density at radius 1 is 1.15 bits per heavy atom. The van der Waals surface area contributed by atoms with E-state index in [1.807, 2.05) is 0 Å². The third-order valence-electron chi connectivity index (χ3n) is 4.83. The topological polar surface area (TPSA) is 103 Å². The van der Waals surface area contributed by atoms with Crippen LogP contribution in [0.2, 0.25) is 0 Å². The van der Waals surface area contributed by atoms with Gasteiger partial charge in [0.15, 0.2) is 0 Å². The molecule has 1 fully saturated rings. The summed E-state index contributed by atoms with van der Waals surface area (Å²) in [7, 11) is 0. The van der Waals surface area contributed by atoms with Crippen molar-refractivity contribution in [1.82, 2.24) is 14.4 Å². The molecule has 0 saturated carbocycles. The summed E-state index contributed by atoms with van der Waals surface area (Å²) < 4.78 is 15.0. The maximum atomic E-state index is 13.7. The highest BCUT2D eigenvalue weighted by Gasteiger charge is 2.33. The third-order valence-corrected chi connectivity index (χ3v) is 4.83. The monoisotopic (exact) mass is 377 g/mol. The molecule has 2 heterocycles. The Hall–Kier alpha value is -2.94. The van der Waals surface area contributed by atoms with Gasteiger partial charge in [-0.25, -0.2) is 4.39 Å². The highest BCUT2D eigenvalue weighted by molar-refractivity contribution is 5.90. The Morgan fingerprint density at radius 2 is 1.81 bits per heavy atom. The van der Waals surface area contributed by atoms with Crippen molar-refractivity contribution in [2.45, 2.75) is 19.5 Å². The van der Waals surface area contributed by atoms with E-state index in [0.717, 1.165) is 0 Å². The van der Waals surface area contributed by atoms with Gasteiger partial charge in [0.25, 0.3) is 0 Å². The lowest BCUT2D eigenvalue weighted by Gasteiger charge is -2.37. The third kappa shape index (κ3) is 3.77. The fourth-order valence-electron chi connectivity index (χ4n) is 3.57. The molecule has 2 aromatic rings. The Morgan fingerprint density at radius 3 is 2.37 bits per heavy atom.